The van der Waals surface area contributed by atoms with Crippen LogP contribution in [0.2, 0.25) is 0 Å². The average Bonchev–Trinajstić information content (AvgIpc) is 2.69. The first-order valence-electron chi connectivity index (χ1n) is 7.37. The zero-order valence-corrected chi connectivity index (χ0v) is 11.4. The summed E-state index contributed by atoms with van der Waals surface area (Å²) in [6.07, 6.45) is 9.54. The highest BCUT2D eigenvalue weighted by Gasteiger charge is 2.36. The van der Waals surface area contributed by atoms with Gasteiger partial charge in [-0.15, -0.1) is 0 Å². The molecule has 0 radical (unpaired) electrons. The molecular formula is C16H23N3. The molecule has 0 spiro atoms. The van der Waals surface area contributed by atoms with Crippen molar-refractivity contribution in [2.75, 3.05) is 13.1 Å². The van der Waals surface area contributed by atoms with Crippen molar-refractivity contribution in [2.24, 2.45) is 0 Å². The Bertz CT molecular complexity index is 429. The number of rotatable bonds is 3. The standard InChI is InChI=1S/C16H23N3/c1-2-8-15(9-3-1)14-17-16-10-4-6-12-18-19(16)13-7-5-11-16/h1-3,5,8-9,11,17-18H,4,6-7,10,12-14H2. The molecule has 0 bridgehead atoms. The third-order valence-corrected chi connectivity index (χ3v) is 4.12. The first kappa shape index (κ1) is 12.9. The number of hydrogen-bond acceptors (Lipinski definition) is 3. The summed E-state index contributed by atoms with van der Waals surface area (Å²) in [5.41, 5.74) is 4.93. The van der Waals surface area contributed by atoms with Gasteiger partial charge in [-0.1, -0.05) is 42.5 Å². The predicted molar refractivity (Wildman–Crippen MR) is 78.3 cm³/mol. The zero-order valence-electron chi connectivity index (χ0n) is 11.4. The third-order valence-electron chi connectivity index (χ3n) is 4.12. The molecule has 3 nitrogen and oxygen atoms in total. The molecule has 3 rings (SSSR count). The summed E-state index contributed by atoms with van der Waals surface area (Å²) < 4.78 is 0. The Kier molecular flexibility index (Phi) is 3.97. The van der Waals surface area contributed by atoms with Gasteiger partial charge in [-0.25, -0.2) is 5.01 Å². The van der Waals surface area contributed by atoms with Crippen LogP contribution in [0.4, 0.5) is 0 Å². The lowest BCUT2D eigenvalue weighted by Gasteiger charge is -2.43. The van der Waals surface area contributed by atoms with Gasteiger partial charge in [-0.05, 0) is 31.2 Å². The molecule has 2 heterocycles. The summed E-state index contributed by atoms with van der Waals surface area (Å²) in [5.74, 6) is 0. The molecule has 1 unspecified atom stereocenters. The second-order valence-corrected chi connectivity index (χ2v) is 5.47. The minimum atomic E-state index is 0.00455. The van der Waals surface area contributed by atoms with Crippen LogP contribution in [0.15, 0.2) is 42.5 Å². The van der Waals surface area contributed by atoms with Crippen LogP contribution in [0.3, 0.4) is 0 Å². The maximum atomic E-state index is 3.77. The van der Waals surface area contributed by atoms with Gasteiger partial charge in [0.2, 0.25) is 0 Å². The molecule has 1 atom stereocenters. The topological polar surface area (TPSA) is 27.3 Å². The van der Waals surface area contributed by atoms with Crippen LogP contribution >= 0.6 is 0 Å². The van der Waals surface area contributed by atoms with E-state index in [9.17, 15) is 0 Å². The fourth-order valence-corrected chi connectivity index (χ4v) is 3.04. The van der Waals surface area contributed by atoms with Gasteiger partial charge in [0.15, 0.2) is 0 Å². The largest absolute Gasteiger partial charge is 0.291 e. The molecule has 0 saturated carbocycles. The normalized spacial score (nSPS) is 27.8. The van der Waals surface area contributed by atoms with Crippen LogP contribution in [0, 0.1) is 0 Å². The van der Waals surface area contributed by atoms with Gasteiger partial charge in [-0.3, -0.25) is 10.7 Å². The van der Waals surface area contributed by atoms with E-state index >= 15 is 0 Å². The Balaban J connectivity index is 1.74. The lowest BCUT2D eigenvalue weighted by molar-refractivity contribution is 0.0403. The maximum Gasteiger partial charge on any atom is 0.104 e. The summed E-state index contributed by atoms with van der Waals surface area (Å²) in [5, 5.41) is 6.18. The Morgan fingerprint density at radius 2 is 2.11 bits per heavy atom. The molecule has 2 aliphatic heterocycles. The first-order valence-corrected chi connectivity index (χ1v) is 7.37. The second-order valence-electron chi connectivity index (χ2n) is 5.47. The smallest absolute Gasteiger partial charge is 0.104 e. The zero-order chi connectivity index (χ0) is 13.0. The van der Waals surface area contributed by atoms with Crippen LogP contribution in [-0.4, -0.2) is 23.8 Å². The van der Waals surface area contributed by atoms with Crippen molar-refractivity contribution < 1.29 is 0 Å². The molecule has 102 valence electrons. The number of hydrazine groups is 1. The molecular weight excluding hydrogens is 234 g/mol. The molecule has 0 aliphatic carbocycles. The Labute approximate surface area is 115 Å². The number of nitrogens with one attached hydrogen (secondary N) is 2. The molecule has 0 amide bonds. The van der Waals surface area contributed by atoms with E-state index in [2.05, 4.69) is 58.2 Å². The summed E-state index contributed by atoms with van der Waals surface area (Å²) in [6.45, 7) is 3.12. The van der Waals surface area contributed by atoms with Crippen molar-refractivity contribution in [1.29, 1.82) is 0 Å². The van der Waals surface area contributed by atoms with E-state index in [0.717, 1.165) is 26.1 Å². The number of fused-ring (bicyclic) bond motifs is 1. The first-order chi connectivity index (χ1) is 9.39. The Morgan fingerprint density at radius 3 is 3.00 bits per heavy atom. The summed E-state index contributed by atoms with van der Waals surface area (Å²) >= 11 is 0. The molecule has 1 saturated heterocycles. The molecule has 19 heavy (non-hydrogen) atoms. The molecule has 2 N–H and O–H groups in total. The van der Waals surface area contributed by atoms with Crippen molar-refractivity contribution >= 4 is 0 Å². The van der Waals surface area contributed by atoms with Gasteiger partial charge in [0, 0.05) is 19.6 Å². The Morgan fingerprint density at radius 1 is 1.21 bits per heavy atom. The second kappa shape index (κ2) is 5.87. The van der Waals surface area contributed by atoms with Gasteiger partial charge >= 0.3 is 0 Å². The van der Waals surface area contributed by atoms with Crippen LogP contribution in [0.1, 0.15) is 31.2 Å². The van der Waals surface area contributed by atoms with Crippen molar-refractivity contribution in [3.05, 3.63) is 48.0 Å². The monoisotopic (exact) mass is 257 g/mol. The van der Waals surface area contributed by atoms with E-state index in [1.54, 1.807) is 0 Å². The van der Waals surface area contributed by atoms with Gasteiger partial charge in [0.25, 0.3) is 0 Å². The SMILES string of the molecule is C1=CC2(NCc3ccccc3)CCCCNN2CC1. The van der Waals surface area contributed by atoms with E-state index in [-0.39, 0.29) is 5.66 Å². The van der Waals surface area contributed by atoms with Gasteiger partial charge in [0.1, 0.15) is 5.66 Å². The van der Waals surface area contributed by atoms with E-state index < -0.39 is 0 Å². The summed E-state index contributed by atoms with van der Waals surface area (Å²) in [6, 6.07) is 10.7. The van der Waals surface area contributed by atoms with Gasteiger partial charge in [-0.2, -0.15) is 0 Å². The number of hydrogen-bond donors (Lipinski definition) is 2. The van der Waals surface area contributed by atoms with Crippen molar-refractivity contribution in [1.82, 2.24) is 15.8 Å². The van der Waals surface area contributed by atoms with Crippen LogP contribution in [0.5, 0.6) is 0 Å². The highest BCUT2D eigenvalue weighted by Crippen LogP contribution is 2.26. The average molecular weight is 257 g/mol. The fourth-order valence-electron chi connectivity index (χ4n) is 3.04. The minimum absolute atomic E-state index is 0.00455. The molecule has 1 aromatic carbocycles. The third kappa shape index (κ3) is 2.89. The van der Waals surface area contributed by atoms with E-state index in [1.165, 1.54) is 24.8 Å². The van der Waals surface area contributed by atoms with Crippen molar-refractivity contribution in [3.63, 3.8) is 0 Å². The van der Waals surface area contributed by atoms with Crippen molar-refractivity contribution in [2.45, 2.75) is 37.9 Å². The lowest BCUT2D eigenvalue weighted by atomic mass is 9.97. The molecule has 1 aromatic rings. The van der Waals surface area contributed by atoms with Crippen molar-refractivity contribution in [3.8, 4) is 0 Å². The predicted octanol–water partition coefficient (Wildman–Crippen LogP) is 2.42. The fraction of sp³-hybridized carbons (Fsp3) is 0.500. The van der Waals surface area contributed by atoms with Crippen LogP contribution in [0.25, 0.3) is 0 Å². The van der Waals surface area contributed by atoms with Crippen LogP contribution < -0.4 is 10.7 Å². The highest BCUT2D eigenvalue weighted by atomic mass is 15.6. The quantitative estimate of drug-likeness (QED) is 0.814. The number of nitrogens with zero attached hydrogens (tertiary/aromatic N) is 1. The van der Waals surface area contributed by atoms with Crippen LogP contribution in [-0.2, 0) is 6.54 Å². The van der Waals surface area contributed by atoms with Gasteiger partial charge < -0.3 is 0 Å². The highest BCUT2D eigenvalue weighted by molar-refractivity contribution is 5.16. The number of benzene rings is 1. The minimum Gasteiger partial charge on any atom is -0.291 e. The maximum absolute atomic E-state index is 3.77. The van der Waals surface area contributed by atoms with E-state index in [1.807, 2.05) is 0 Å². The summed E-state index contributed by atoms with van der Waals surface area (Å²) in [7, 11) is 0. The van der Waals surface area contributed by atoms with Gasteiger partial charge in [0.05, 0.1) is 0 Å². The Hall–Kier alpha value is -1.16. The molecule has 0 aromatic heterocycles. The molecule has 1 fully saturated rings. The van der Waals surface area contributed by atoms with E-state index in [4.69, 9.17) is 0 Å². The summed E-state index contributed by atoms with van der Waals surface area (Å²) in [4.78, 5) is 0. The molecule has 2 aliphatic rings. The lowest BCUT2D eigenvalue weighted by Crippen LogP contribution is -2.62. The molecule has 3 heteroatoms. The van der Waals surface area contributed by atoms with E-state index in [0.29, 0.717) is 0 Å².